The van der Waals surface area contributed by atoms with Gasteiger partial charge in [-0.15, -0.1) is 0 Å². The van der Waals surface area contributed by atoms with Gasteiger partial charge in [-0.1, -0.05) is 6.07 Å². The molecule has 2 aliphatic heterocycles. The van der Waals surface area contributed by atoms with Gasteiger partial charge in [0.2, 0.25) is 5.91 Å². The van der Waals surface area contributed by atoms with Crippen LogP contribution in [0.5, 0.6) is 0 Å². The molecule has 3 atom stereocenters. The predicted octanol–water partition coefficient (Wildman–Crippen LogP) is 1.67. The third-order valence-electron chi connectivity index (χ3n) is 5.12. The van der Waals surface area contributed by atoms with Crippen molar-refractivity contribution in [3.8, 4) is 0 Å². The van der Waals surface area contributed by atoms with Crippen molar-refractivity contribution in [2.75, 3.05) is 19.6 Å². The van der Waals surface area contributed by atoms with E-state index in [4.69, 9.17) is 0 Å². The molecular weight excluding hydrogens is 290 g/mol. The van der Waals surface area contributed by atoms with Gasteiger partial charge in [-0.25, -0.2) is 0 Å². The largest absolute Gasteiger partial charge is 0.391 e. The zero-order chi connectivity index (χ0) is 16.2. The lowest BCUT2D eigenvalue weighted by Crippen LogP contribution is -2.48. The van der Waals surface area contributed by atoms with Crippen LogP contribution in [0.2, 0.25) is 0 Å². The number of pyridine rings is 1. The topological polar surface area (TPSA) is 56.7 Å². The van der Waals surface area contributed by atoms with Gasteiger partial charge >= 0.3 is 0 Å². The number of likely N-dealkylation sites (tertiary alicyclic amines) is 2. The molecule has 2 fully saturated rings. The van der Waals surface area contributed by atoms with E-state index in [0.717, 1.165) is 51.9 Å². The number of rotatable bonds is 4. The molecular formula is C18H27N3O2. The number of aliphatic hydroxyl groups excluding tert-OH is 1. The van der Waals surface area contributed by atoms with Gasteiger partial charge in [0.25, 0.3) is 0 Å². The Morgan fingerprint density at radius 3 is 2.96 bits per heavy atom. The molecule has 0 bridgehead atoms. The van der Waals surface area contributed by atoms with Gasteiger partial charge in [-0.2, -0.15) is 0 Å². The highest BCUT2D eigenvalue weighted by atomic mass is 16.3. The van der Waals surface area contributed by atoms with E-state index in [1.165, 1.54) is 5.56 Å². The summed E-state index contributed by atoms with van der Waals surface area (Å²) in [6.45, 7) is 5.31. The maximum atomic E-state index is 12.9. The summed E-state index contributed by atoms with van der Waals surface area (Å²) in [5.74, 6) is 0.309. The molecule has 23 heavy (non-hydrogen) atoms. The number of aliphatic hydroxyl groups is 1. The van der Waals surface area contributed by atoms with Gasteiger partial charge in [0, 0.05) is 32.0 Å². The van der Waals surface area contributed by atoms with Crippen molar-refractivity contribution in [3.63, 3.8) is 0 Å². The fourth-order valence-corrected chi connectivity index (χ4v) is 3.95. The zero-order valence-corrected chi connectivity index (χ0v) is 13.9. The normalized spacial score (nSPS) is 27.1. The molecule has 1 N–H and O–H groups in total. The number of piperidine rings is 1. The molecule has 0 saturated carbocycles. The second-order valence-corrected chi connectivity index (χ2v) is 6.92. The van der Waals surface area contributed by atoms with E-state index < -0.39 is 6.10 Å². The molecule has 0 spiro atoms. The van der Waals surface area contributed by atoms with Gasteiger partial charge in [0.15, 0.2) is 0 Å². The fraction of sp³-hybridized carbons (Fsp3) is 0.667. The smallest absolute Gasteiger partial charge is 0.227 e. The van der Waals surface area contributed by atoms with Gasteiger partial charge in [0.1, 0.15) is 0 Å². The molecule has 1 aromatic rings. The van der Waals surface area contributed by atoms with Gasteiger partial charge < -0.3 is 10.0 Å². The van der Waals surface area contributed by atoms with Crippen LogP contribution in [0.25, 0.3) is 0 Å². The first-order chi connectivity index (χ1) is 11.1. The highest BCUT2D eigenvalue weighted by Crippen LogP contribution is 2.26. The van der Waals surface area contributed by atoms with Gasteiger partial charge in [-0.05, 0) is 50.8 Å². The molecule has 2 saturated heterocycles. The molecule has 0 aliphatic carbocycles. The molecule has 126 valence electrons. The van der Waals surface area contributed by atoms with E-state index in [2.05, 4.69) is 16.0 Å². The van der Waals surface area contributed by atoms with E-state index in [1.807, 2.05) is 17.2 Å². The standard InChI is InChI=1S/C18H27N3O2/c1-14(22)17-7-4-10-21(17)18(23)16-6-3-9-20(13-16)12-15-5-2-8-19-11-15/h2,5,8,11,14,16-17,22H,3-4,6-7,9-10,12-13H2,1H3/t14?,16?,17-/m1/s1. The van der Waals surface area contributed by atoms with Crippen molar-refractivity contribution >= 4 is 5.91 Å². The highest BCUT2D eigenvalue weighted by Gasteiger charge is 2.36. The van der Waals surface area contributed by atoms with E-state index in [0.29, 0.717) is 0 Å². The molecule has 0 radical (unpaired) electrons. The van der Waals surface area contributed by atoms with Crippen LogP contribution >= 0.6 is 0 Å². The molecule has 1 amide bonds. The second-order valence-electron chi connectivity index (χ2n) is 6.92. The van der Waals surface area contributed by atoms with Crippen LogP contribution < -0.4 is 0 Å². The molecule has 2 aliphatic rings. The Morgan fingerprint density at radius 1 is 1.39 bits per heavy atom. The monoisotopic (exact) mass is 317 g/mol. The molecule has 3 heterocycles. The van der Waals surface area contributed by atoms with E-state index in [1.54, 1.807) is 13.1 Å². The Balaban J connectivity index is 1.60. The van der Waals surface area contributed by atoms with E-state index in [9.17, 15) is 9.90 Å². The Morgan fingerprint density at radius 2 is 2.22 bits per heavy atom. The second kappa shape index (κ2) is 7.41. The molecule has 5 heteroatoms. The lowest BCUT2D eigenvalue weighted by Gasteiger charge is -2.36. The number of nitrogens with zero attached hydrogens (tertiary/aromatic N) is 3. The number of carbonyl (C=O) groups is 1. The van der Waals surface area contributed by atoms with Crippen molar-refractivity contribution < 1.29 is 9.90 Å². The number of carbonyl (C=O) groups excluding carboxylic acids is 1. The van der Waals surface area contributed by atoms with Crippen LogP contribution in [0.15, 0.2) is 24.5 Å². The zero-order valence-electron chi connectivity index (χ0n) is 13.9. The SMILES string of the molecule is CC(O)[C@H]1CCCN1C(=O)C1CCCN(Cc2cccnc2)C1. The molecule has 1 aromatic heterocycles. The predicted molar refractivity (Wildman–Crippen MR) is 88.7 cm³/mol. The minimum Gasteiger partial charge on any atom is -0.391 e. The van der Waals surface area contributed by atoms with Crippen molar-refractivity contribution in [2.24, 2.45) is 5.92 Å². The van der Waals surface area contributed by atoms with Crippen LogP contribution in [0.3, 0.4) is 0 Å². The van der Waals surface area contributed by atoms with E-state index in [-0.39, 0.29) is 17.9 Å². The van der Waals surface area contributed by atoms with Gasteiger partial charge in [-0.3, -0.25) is 14.7 Å². The third kappa shape index (κ3) is 3.90. The molecule has 0 aromatic carbocycles. The maximum Gasteiger partial charge on any atom is 0.227 e. The summed E-state index contributed by atoms with van der Waals surface area (Å²) in [4.78, 5) is 21.3. The summed E-state index contributed by atoms with van der Waals surface area (Å²) in [6, 6.07) is 4.05. The Bertz CT molecular complexity index is 520. The van der Waals surface area contributed by atoms with E-state index >= 15 is 0 Å². The summed E-state index contributed by atoms with van der Waals surface area (Å²) in [5, 5.41) is 9.91. The summed E-state index contributed by atoms with van der Waals surface area (Å²) in [7, 11) is 0. The van der Waals surface area contributed by atoms with Crippen molar-refractivity contribution in [1.82, 2.24) is 14.8 Å². The minimum absolute atomic E-state index is 0.0104. The Hall–Kier alpha value is -1.46. The lowest BCUT2D eigenvalue weighted by atomic mass is 9.95. The number of amides is 1. The van der Waals surface area contributed by atoms with Crippen molar-refractivity contribution in [1.29, 1.82) is 0 Å². The van der Waals surface area contributed by atoms with Crippen molar-refractivity contribution in [2.45, 2.75) is 51.3 Å². The quantitative estimate of drug-likeness (QED) is 0.918. The highest BCUT2D eigenvalue weighted by molar-refractivity contribution is 5.79. The first kappa shape index (κ1) is 16.4. The maximum absolute atomic E-state index is 12.9. The first-order valence-corrected chi connectivity index (χ1v) is 8.75. The Labute approximate surface area is 138 Å². The summed E-state index contributed by atoms with van der Waals surface area (Å²) in [5.41, 5.74) is 1.20. The summed E-state index contributed by atoms with van der Waals surface area (Å²) < 4.78 is 0. The average molecular weight is 317 g/mol. The van der Waals surface area contributed by atoms with Gasteiger partial charge in [0.05, 0.1) is 18.1 Å². The van der Waals surface area contributed by atoms with Crippen LogP contribution in [0.4, 0.5) is 0 Å². The van der Waals surface area contributed by atoms with Crippen LogP contribution in [0, 0.1) is 5.92 Å². The number of hydrogen-bond donors (Lipinski definition) is 1. The fourth-order valence-electron chi connectivity index (χ4n) is 3.95. The minimum atomic E-state index is -0.434. The molecule has 2 unspecified atom stereocenters. The first-order valence-electron chi connectivity index (χ1n) is 8.75. The average Bonchev–Trinajstić information content (AvgIpc) is 3.05. The number of hydrogen-bond acceptors (Lipinski definition) is 4. The Kier molecular flexibility index (Phi) is 5.28. The van der Waals surface area contributed by atoms with Crippen molar-refractivity contribution in [3.05, 3.63) is 30.1 Å². The molecule has 3 rings (SSSR count). The lowest BCUT2D eigenvalue weighted by molar-refractivity contribution is -0.140. The summed E-state index contributed by atoms with van der Waals surface area (Å²) >= 11 is 0. The van der Waals surface area contributed by atoms with Crippen LogP contribution in [-0.2, 0) is 11.3 Å². The van der Waals surface area contributed by atoms with Crippen LogP contribution in [0.1, 0.15) is 38.2 Å². The molecule has 5 nitrogen and oxygen atoms in total. The number of aromatic nitrogens is 1. The third-order valence-corrected chi connectivity index (χ3v) is 5.12. The van der Waals surface area contributed by atoms with Crippen LogP contribution in [-0.4, -0.2) is 57.6 Å². The summed E-state index contributed by atoms with van der Waals surface area (Å²) in [6.07, 6.45) is 7.21.